The molecule has 0 aliphatic carbocycles. The molecule has 22 heavy (non-hydrogen) atoms. The minimum absolute atomic E-state index is 0.186. The number of aryl methyl sites for hydroxylation is 2. The molecule has 0 aromatic carbocycles. The summed E-state index contributed by atoms with van der Waals surface area (Å²) >= 11 is 0. The summed E-state index contributed by atoms with van der Waals surface area (Å²) in [5.74, 6) is 1.35. The molecule has 0 atom stereocenters. The van der Waals surface area contributed by atoms with Gasteiger partial charge in [-0.25, -0.2) is 0 Å². The fourth-order valence-corrected chi connectivity index (χ4v) is 2.97. The lowest BCUT2D eigenvalue weighted by molar-refractivity contribution is -0.130. The maximum atomic E-state index is 12.4. The molecule has 1 aliphatic heterocycles. The zero-order valence-electron chi connectivity index (χ0n) is 13.4. The van der Waals surface area contributed by atoms with Gasteiger partial charge in [0.2, 0.25) is 17.7 Å². The van der Waals surface area contributed by atoms with Crippen LogP contribution >= 0.6 is 0 Å². The lowest BCUT2D eigenvalue weighted by Crippen LogP contribution is -2.31. The van der Waals surface area contributed by atoms with Crippen molar-refractivity contribution in [2.75, 3.05) is 13.1 Å². The number of carbonyl (C=O) groups excluding carboxylic acids is 1. The monoisotopic (exact) mass is 302 g/mol. The average Bonchev–Trinajstić information content (AvgIpc) is 3.23. The highest BCUT2D eigenvalue weighted by atomic mass is 16.4. The Morgan fingerprint density at radius 2 is 2.00 bits per heavy atom. The van der Waals surface area contributed by atoms with Gasteiger partial charge < -0.3 is 13.9 Å². The van der Waals surface area contributed by atoms with Crippen molar-refractivity contribution in [2.24, 2.45) is 0 Å². The van der Waals surface area contributed by atoms with E-state index in [-0.39, 0.29) is 5.91 Å². The van der Waals surface area contributed by atoms with Crippen LogP contribution in [0.5, 0.6) is 0 Å². The number of amides is 1. The molecule has 0 unspecified atom stereocenters. The third-order valence-corrected chi connectivity index (χ3v) is 4.33. The van der Waals surface area contributed by atoms with Crippen molar-refractivity contribution >= 4 is 5.91 Å². The van der Waals surface area contributed by atoms with Crippen LogP contribution in [0.1, 0.15) is 37.0 Å². The van der Waals surface area contributed by atoms with Crippen molar-refractivity contribution in [3.8, 4) is 11.5 Å². The van der Waals surface area contributed by atoms with Crippen molar-refractivity contribution in [1.29, 1.82) is 0 Å². The third kappa shape index (κ3) is 2.65. The Kier molecular flexibility index (Phi) is 4.00. The summed E-state index contributed by atoms with van der Waals surface area (Å²) in [5.41, 5.74) is 2.95. The van der Waals surface area contributed by atoms with E-state index in [0.29, 0.717) is 18.3 Å². The standard InChI is InChI=1S/C16H22N4O2/c1-4-14-17-18-16(22-14)13-9-11(2)20(12(13)3)10-15(21)19-7-5-6-8-19/h9H,4-8,10H2,1-3H3. The highest BCUT2D eigenvalue weighted by molar-refractivity contribution is 5.77. The number of nitrogens with zero attached hydrogens (tertiary/aromatic N) is 4. The lowest BCUT2D eigenvalue weighted by Gasteiger charge is -2.17. The summed E-state index contributed by atoms with van der Waals surface area (Å²) in [6.45, 7) is 8.13. The van der Waals surface area contributed by atoms with Crippen molar-refractivity contribution in [2.45, 2.75) is 46.6 Å². The highest BCUT2D eigenvalue weighted by Gasteiger charge is 2.21. The number of likely N-dealkylation sites (tertiary alicyclic amines) is 1. The first-order valence-electron chi connectivity index (χ1n) is 7.87. The predicted octanol–water partition coefficient (Wildman–Crippen LogP) is 2.34. The van der Waals surface area contributed by atoms with Crippen LogP contribution in [0.3, 0.4) is 0 Å². The van der Waals surface area contributed by atoms with Gasteiger partial charge >= 0.3 is 0 Å². The number of hydrogen-bond acceptors (Lipinski definition) is 4. The third-order valence-electron chi connectivity index (χ3n) is 4.33. The predicted molar refractivity (Wildman–Crippen MR) is 82.4 cm³/mol. The van der Waals surface area contributed by atoms with E-state index in [1.165, 1.54) is 0 Å². The molecule has 2 aromatic heterocycles. The van der Waals surface area contributed by atoms with E-state index in [1.807, 2.05) is 36.3 Å². The van der Waals surface area contributed by atoms with Crippen LogP contribution in [-0.2, 0) is 17.8 Å². The molecule has 0 N–H and O–H groups in total. The zero-order valence-corrected chi connectivity index (χ0v) is 13.4. The first-order chi connectivity index (χ1) is 10.6. The molecule has 0 saturated carbocycles. The largest absolute Gasteiger partial charge is 0.421 e. The van der Waals surface area contributed by atoms with Crippen LogP contribution in [0.4, 0.5) is 0 Å². The Hall–Kier alpha value is -2.11. The molecule has 2 aromatic rings. The summed E-state index contributed by atoms with van der Waals surface area (Å²) in [7, 11) is 0. The van der Waals surface area contributed by atoms with Crippen molar-refractivity contribution in [3.05, 3.63) is 23.3 Å². The molecule has 1 amide bonds. The van der Waals surface area contributed by atoms with E-state index in [0.717, 1.165) is 49.3 Å². The van der Waals surface area contributed by atoms with Gasteiger partial charge in [-0.2, -0.15) is 0 Å². The molecule has 0 bridgehead atoms. The smallest absolute Gasteiger partial charge is 0.249 e. The maximum absolute atomic E-state index is 12.4. The van der Waals surface area contributed by atoms with E-state index in [4.69, 9.17) is 4.42 Å². The van der Waals surface area contributed by atoms with Gasteiger partial charge in [0, 0.05) is 30.9 Å². The molecule has 6 nitrogen and oxygen atoms in total. The first kappa shape index (κ1) is 14.8. The van der Waals surface area contributed by atoms with E-state index < -0.39 is 0 Å². The molecule has 0 radical (unpaired) electrons. The molecule has 118 valence electrons. The quantitative estimate of drug-likeness (QED) is 0.869. The molecular weight excluding hydrogens is 280 g/mol. The van der Waals surface area contributed by atoms with Crippen LogP contribution in [0.15, 0.2) is 10.5 Å². The fraction of sp³-hybridized carbons (Fsp3) is 0.562. The molecule has 0 spiro atoms. The normalized spacial score (nSPS) is 14.8. The van der Waals surface area contributed by atoms with E-state index in [9.17, 15) is 4.79 Å². The van der Waals surface area contributed by atoms with Gasteiger partial charge in [-0.3, -0.25) is 4.79 Å². The van der Waals surface area contributed by atoms with Crippen LogP contribution in [0, 0.1) is 13.8 Å². The SMILES string of the molecule is CCc1nnc(-c2cc(C)n(CC(=O)N3CCCC3)c2C)o1. The van der Waals surface area contributed by atoms with Gasteiger partial charge in [-0.15, -0.1) is 10.2 Å². The Balaban J connectivity index is 1.84. The lowest BCUT2D eigenvalue weighted by atomic mass is 10.2. The summed E-state index contributed by atoms with van der Waals surface area (Å²) in [6, 6.07) is 2.01. The number of carbonyl (C=O) groups is 1. The van der Waals surface area contributed by atoms with E-state index >= 15 is 0 Å². The zero-order chi connectivity index (χ0) is 15.7. The Morgan fingerprint density at radius 1 is 1.27 bits per heavy atom. The molecule has 3 heterocycles. The van der Waals surface area contributed by atoms with Crippen molar-refractivity contribution in [3.63, 3.8) is 0 Å². The molecular formula is C16H22N4O2. The number of aromatic nitrogens is 3. The number of hydrogen-bond donors (Lipinski definition) is 0. The fourth-order valence-electron chi connectivity index (χ4n) is 2.97. The second-order valence-corrected chi connectivity index (χ2v) is 5.81. The Morgan fingerprint density at radius 3 is 2.64 bits per heavy atom. The van der Waals surface area contributed by atoms with Crippen LogP contribution < -0.4 is 0 Å². The molecule has 1 fully saturated rings. The van der Waals surface area contributed by atoms with Crippen LogP contribution in [0.2, 0.25) is 0 Å². The van der Waals surface area contributed by atoms with Gasteiger partial charge in [-0.05, 0) is 32.8 Å². The Labute approximate surface area is 130 Å². The highest BCUT2D eigenvalue weighted by Crippen LogP contribution is 2.26. The van der Waals surface area contributed by atoms with Crippen LogP contribution in [-0.4, -0.2) is 38.7 Å². The second-order valence-electron chi connectivity index (χ2n) is 5.81. The van der Waals surface area contributed by atoms with Crippen molar-refractivity contribution in [1.82, 2.24) is 19.7 Å². The maximum Gasteiger partial charge on any atom is 0.249 e. The van der Waals surface area contributed by atoms with Gasteiger partial charge in [0.1, 0.15) is 6.54 Å². The minimum Gasteiger partial charge on any atom is -0.421 e. The average molecular weight is 302 g/mol. The topological polar surface area (TPSA) is 64.2 Å². The summed E-state index contributed by atoms with van der Waals surface area (Å²) in [5, 5.41) is 8.12. The summed E-state index contributed by atoms with van der Waals surface area (Å²) in [6.07, 6.45) is 2.95. The molecule has 6 heteroatoms. The van der Waals surface area contributed by atoms with Crippen molar-refractivity contribution < 1.29 is 9.21 Å². The second kappa shape index (κ2) is 5.94. The Bertz CT molecular complexity index is 680. The minimum atomic E-state index is 0.186. The van der Waals surface area contributed by atoms with Gasteiger partial charge in [0.05, 0.1) is 5.56 Å². The number of rotatable bonds is 4. The molecule has 3 rings (SSSR count). The van der Waals surface area contributed by atoms with Gasteiger partial charge in [0.25, 0.3) is 0 Å². The summed E-state index contributed by atoms with van der Waals surface area (Å²) in [4.78, 5) is 14.3. The molecule has 1 saturated heterocycles. The van der Waals surface area contributed by atoms with E-state index in [1.54, 1.807) is 0 Å². The first-order valence-corrected chi connectivity index (χ1v) is 7.87. The van der Waals surface area contributed by atoms with Crippen LogP contribution in [0.25, 0.3) is 11.5 Å². The van der Waals surface area contributed by atoms with Gasteiger partial charge in [-0.1, -0.05) is 6.92 Å². The van der Waals surface area contributed by atoms with Gasteiger partial charge in [0.15, 0.2) is 0 Å². The summed E-state index contributed by atoms with van der Waals surface area (Å²) < 4.78 is 7.68. The van der Waals surface area contributed by atoms with E-state index in [2.05, 4.69) is 10.2 Å². The molecule has 1 aliphatic rings.